The van der Waals surface area contributed by atoms with Crippen LogP contribution < -0.4 is 5.32 Å². The lowest BCUT2D eigenvalue weighted by molar-refractivity contribution is -0.148. The average molecular weight is 427 g/mol. The van der Waals surface area contributed by atoms with E-state index in [0.29, 0.717) is 18.5 Å². The molecule has 8 nitrogen and oxygen atoms in total. The normalized spacial score (nSPS) is 19.9. The van der Waals surface area contributed by atoms with Gasteiger partial charge in [0.05, 0.1) is 35.8 Å². The minimum atomic E-state index is -0.661. The van der Waals surface area contributed by atoms with E-state index in [1.165, 1.54) is 11.8 Å². The van der Waals surface area contributed by atoms with E-state index in [1.54, 1.807) is 24.3 Å². The summed E-state index contributed by atoms with van der Waals surface area (Å²) in [4.78, 5) is 50.7. The first-order chi connectivity index (χ1) is 14.5. The standard InChI is InChI=1S/C21H21N3O5S/c22-10-12-30-17-8-4-3-7-16(17)23-18(25)13-29-19(26)9-11-24-20(27)14-5-1-2-6-15(14)21(24)28/h1-4,7-8,14-15H,5-6,9,11-13H2,(H,23,25)/t14-,15+. The number of nitriles is 1. The lowest BCUT2D eigenvalue weighted by atomic mass is 9.85. The molecule has 1 aromatic carbocycles. The van der Waals surface area contributed by atoms with Crippen LogP contribution in [0.25, 0.3) is 0 Å². The van der Waals surface area contributed by atoms with Crippen molar-refractivity contribution < 1.29 is 23.9 Å². The van der Waals surface area contributed by atoms with E-state index in [4.69, 9.17) is 10.00 Å². The zero-order chi connectivity index (χ0) is 21.5. The van der Waals surface area contributed by atoms with Crippen molar-refractivity contribution in [3.8, 4) is 6.07 Å². The van der Waals surface area contributed by atoms with Gasteiger partial charge in [0.15, 0.2) is 6.61 Å². The van der Waals surface area contributed by atoms with Crippen molar-refractivity contribution in [1.82, 2.24) is 4.90 Å². The molecule has 9 heteroatoms. The van der Waals surface area contributed by atoms with Gasteiger partial charge in [-0.1, -0.05) is 24.3 Å². The largest absolute Gasteiger partial charge is 0.456 e. The summed E-state index contributed by atoms with van der Waals surface area (Å²) in [7, 11) is 0. The van der Waals surface area contributed by atoms with Gasteiger partial charge in [0, 0.05) is 11.4 Å². The van der Waals surface area contributed by atoms with Crippen molar-refractivity contribution in [3.05, 3.63) is 36.4 Å². The molecule has 1 aliphatic carbocycles. The van der Waals surface area contributed by atoms with Crippen LogP contribution >= 0.6 is 11.8 Å². The first-order valence-corrected chi connectivity index (χ1v) is 10.5. The number of benzene rings is 1. The number of allylic oxidation sites excluding steroid dienone is 2. The molecule has 3 rings (SSSR count). The van der Waals surface area contributed by atoms with Crippen LogP contribution in [0, 0.1) is 23.2 Å². The van der Waals surface area contributed by atoms with E-state index in [1.807, 2.05) is 18.2 Å². The number of thioether (sulfide) groups is 1. The zero-order valence-electron chi connectivity index (χ0n) is 16.2. The van der Waals surface area contributed by atoms with Crippen LogP contribution in [0.4, 0.5) is 5.69 Å². The molecule has 1 aromatic rings. The number of ether oxygens (including phenoxy) is 1. The molecule has 2 aliphatic rings. The first kappa shape index (κ1) is 21.6. The van der Waals surface area contributed by atoms with Crippen LogP contribution in [0.5, 0.6) is 0 Å². The predicted molar refractivity (Wildman–Crippen MR) is 109 cm³/mol. The zero-order valence-corrected chi connectivity index (χ0v) is 17.0. The smallest absolute Gasteiger partial charge is 0.308 e. The van der Waals surface area contributed by atoms with Crippen molar-refractivity contribution in [2.75, 3.05) is 24.2 Å². The molecule has 0 spiro atoms. The van der Waals surface area contributed by atoms with E-state index in [9.17, 15) is 19.2 Å². The van der Waals surface area contributed by atoms with Crippen molar-refractivity contribution in [2.45, 2.75) is 24.2 Å². The molecule has 1 saturated heterocycles. The van der Waals surface area contributed by atoms with Gasteiger partial charge in [-0.25, -0.2) is 0 Å². The van der Waals surface area contributed by atoms with Gasteiger partial charge in [-0.3, -0.25) is 24.1 Å². The number of hydrogen-bond donors (Lipinski definition) is 1. The van der Waals surface area contributed by atoms with Crippen molar-refractivity contribution >= 4 is 41.1 Å². The van der Waals surface area contributed by atoms with Crippen LogP contribution in [0.1, 0.15) is 19.3 Å². The third-order valence-electron chi connectivity index (χ3n) is 4.96. The van der Waals surface area contributed by atoms with Crippen LogP contribution in [0.3, 0.4) is 0 Å². The summed E-state index contributed by atoms with van der Waals surface area (Å²) in [6, 6.07) is 9.03. The quantitative estimate of drug-likeness (QED) is 0.292. The fourth-order valence-electron chi connectivity index (χ4n) is 3.50. The van der Waals surface area contributed by atoms with Gasteiger partial charge in [0.1, 0.15) is 0 Å². The van der Waals surface area contributed by atoms with Crippen molar-refractivity contribution in [3.63, 3.8) is 0 Å². The summed E-state index contributed by atoms with van der Waals surface area (Å²) in [5.74, 6) is -2.08. The maximum atomic E-state index is 12.4. The lowest BCUT2D eigenvalue weighted by Gasteiger charge is -2.14. The Morgan fingerprint density at radius 2 is 1.83 bits per heavy atom. The molecule has 1 N–H and O–H groups in total. The number of anilines is 1. The monoisotopic (exact) mass is 427 g/mol. The SMILES string of the molecule is N#CCSc1ccccc1NC(=O)COC(=O)CCN1C(=O)[C@H]2CC=CC[C@H]2C1=O. The number of carbonyl (C=O) groups is 4. The highest BCUT2D eigenvalue weighted by Crippen LogP contribution is 2.35. The molecule has 2 atom stereocenters. The maximum Gasteiger partial charge on any atom is 0.308 e. The highest BCUT2D eigenvalue weighted by Gasteiger charge is 2.46. The number of rotatable bonds is 8. The van der Waals surface area contributed by atoms with E-state index < -0.39 is 18.5 Å². The Kier molecular flexibility index (Phi) is 7.25. The number of imide groups is 1. The first-order valence-electron chi connectivity index (χ1n) is 9.55. The molecular formula is C21H21N3O5S. The van der Waals surface area contributed by atoms with Crippen LogP contribution in [0.15, 0.2) is 41.3 Å². The number of nitrogens with one attached hydrogen (secondary N) is 1. The molecule has 1 heterocycles. The van der Waals surface area contributed by atoms with E-state index in [2.05, 4.69) is 5.32 Å². The Morgan fingerprint density at radius 3 is 2.50 bits per heavy atom. The Bertz CT molecular complexity index is 897. The number of amides is 3. The second kappa shape index (κ2) is 10.1. The minimum Gasteiger partial charge on any atom is -0.456 e. The van der Waals surface area contributed by atoms with Crippen LogP contribution in [0.2, 0.25) is 0 Å². The molecule has 0 aromatic heterocycles. The van der Waals surface area contributed by atoms with Gasteiger partial charge >= 0.3 is 5.97 Å². The van der Waals surface area contributed by atoms with E-state index in [0.717, 1.165) is 9.80 Å². The van der Waals surface area contributed by atoms with Gasteiger partial charge in [-0.15, -0.1) is 11.8 Å². The number of carbonyl (C=O) groups excluding carboxylic acids is 4. The van der Waals surface area contributed by atoms with Crippen molar-refractivity contribution in [1.29, 1.82) is 5.26 Å². The average Bonchev–Trinajstić information content (AvgIpc) is 3.00. The van der Waals surface area contributed by atoms with Crippen molar-refractivity contribution in [2.24, 2.45) is 11.8 Å². The van der Waals surface area contributed by atoms with Gasteiger partial charge in [0.2, 0.25) is 11.8 Å². The Morgan fingerprint density at radius 1 is 1.17 bits per heavy atom. The number of para-hydroxylation sites is 1. The number of likely N-dealkylation sites (tertiary alicyclic amines) is 1. The Balaban J connectivity index is 1.44. The highest BCUT2D eigenvalue weighted by atomic mass is 32.2. The van der Waals surface area contributed by atoms with Gasteiger partial charge < -0.3 is 10.1 Å². The topological polar surface area (TPSA) is 117 Å². The summed E-state index contributed by atoms with van der Waals surface area (Å²) < 4.78 is 4.97. The summed E-state index contributed by atoms with van der Waals surface area (Å²) in [5, 5.41) is 11.4. The third kappa shape index (κ3) is 5.07. The van der Waals surface area contributed by atoms with Gasteiger partial charge in [0.25, 0.3) is 5.91 Å². The summed E-state index contributed by atoms with van der Waals surface area (Å²) >= 11 is 1.29. The van der Waals surface area contributed by atoms with Crippen LogP contribution in [-0.4, -0.2) is 47.5 Å². The van der Waals surface area contributed by atoms with Gasteiger partial charge in [-0.2, -0.15) is 5.26 Å². The predicted octanol–water partition coefficient (Wildman–Crippen LogP) is 2.13. The molecule has 0 unspecified atom stereocenters. The van der Waals surface area contributed by atoms with E-state index in [-0.39, 0.29) is 42.4 Å². The maximum absolute atomic E-state index is 12.4. The third-order valence-corrected chi connectivity index (χ3v) is 5.90. The molecule has 3 amide bonds. The second-order valence-electron chi connectivity index (χ2n) is 6.89. The fourth-order valence-corrected chi connectivity index (χ4v) is 4.17. The summed E-state index contributed by atoms with van der Waals surface area (Å²) in [6.45, 7) is -0.522. The summed E-state index contributed by atoms with van der Waals surface area (Å²) in [5.41, 5.74) is 0.531. The van der Waals surface area contributed by atoms with E-state index >= 15 is 0 Å². The fraction of sp³-hybridized carbons (Fsp3) is 0.381. The number of fused-ring (bicyclic) bond motifs is 1. The molecule has 156 valence electrons. The highest BCUT2D eigenvalue weighted by molar-refractivity contribution is 7.99. The second-order valence-corrected chi connectivity index (χ2v) is 7.90. The number of esters is 1. The minimum absolute atomic E-state index is 0.0429. The Hall–Kier alpha value is -3.12. The Labute approximate surface area is 178 Å². The lowest BCUT2D eigenvalue weighted by Crippen LogP contribution is -2.33. The number of nitrogens with zero attached hydrogens (tertiary/aromatic N) is 2. The molecular weight excluding hydrogens is 406 g/mol. The molecule has 0 radical (unpaired) electrons. The molecule has 30 heavy (non-hydrogen) atoms. The molecule has 1 fully saturated rings. The van der Waals surface area contributed by atoms with Gasteiger partial charge in [-0.05, 0) is 25.0 Å². The number of hydrogen-bond acceptors (Lipinski definition) is 7. The molecule has 0 saturated carbocycles. The van der Waals surface area contributed by atoms with Crippen LogP contribution in [-0.2, 0) is 23.9 Å². The molecule has 1 aliphatic heterocycles. The summed E-state index contributed by atoms with van der Waals surface area (Å²) in [6.07, 6.45) is 4.74. The molecule has 0 bridgehead atoms.